The number of carboxylic acid groups (broad SMARTS) is 1. The zero-order valence-corrected chi connectivity index (χ0v) is 14.7. The highest BCUT2D eigenvalue weighted by atomic mass is 35.5. The first-order chi connectivity index (χ1) is 11.4. The van der Waals surface area contributed by atoms with E-state index in [0.717, 1.165) is 0 Å². The van der Waals surface area contributed by atoms with Gasteiger partial charge in [0.25, 0.3) is 5.91 Å². The topological polar surface area (TPSA) is 76.1 Å². The number of nitrogens with zero attached hydrogens (tertiary/aromatic N) is 1. The van der Waals surface area contributed by atoms with Gasteiger partial charge in [0.1, 0.15) is 17.3 Å². The fourth-order valence-corrected chi connectivity index (χ4v) is 2.92. The molecule has 24 heavy (non-hydrogen) atoms. The maximum Gasteiger partial charge on any atom is 0.323 e. The third kappa shape index (κ3) is 4.75. The molecule has 1 saturated heterocycles. The Kier molecular flexibility index (Phi) is 6.71. The molecule has 1 heterocycles. The number of amides is 1. The molecular weight excluding hydrogens is 357 g/mol. The van der Waals surface area contributed by atoms with Crippen molar-refractivity contribution in [3.05, 3.63) is 28.2 Å². The summed E-state index contributed by atoms with van der Waals surface area (Å²) in [6, 6.07) is 4.70. The summed E-state index contributed by atoms with van der Waals surface area (Å²) in [6.45, 7) is 2.20. The summed E-state index contributed by atoms with van der Waals surface area (Å²) < 4.78 is 10.9. The van der Waals surface area contributed by atoms with E-state index in [2.05, 4.69) is 0 Å². The predicted octanol–water partition coefficient (Wildman–Crippen LogP) is 2.85. The minimum atomic E-state index is -1.07. The van der Waals surface area contributed by atoms with Crippen LogP contribution in [0, 0.1) is 0 Å². The minimum absolute atomic E-state index is 0.178. The van der Waals surface area contributed by atoms with Gasteiger partial charge in [-0.1, -0.05) is 29.3 Å². The third-order valence-corrected chi connectivity index (χ3v) is 4.59. The lowest BCUT2D eigenvalue weighted by Gasteiger charge is -2.34. The van der Waals surface area contributed by atoms with E-state index in [4.69, 9.17) is 37.8 Å². The van der Waals surface area contributed by atoms with Crippen LogP contribution in [0.4, 0.5) is 0 Å². The van der Waals surface area contributed by atoms with Gasteiger partial charge in [-0.3, -0.25) is 9.59 Å². The van der Waals surface area contributed by atoms with Gasteiger partial charge in [0.05, 0.1) is 5.02 Å². The minimum Gasteiger partial charge on any atom is -0.480 e. The van der Waals surface area contributed by atoms with Crippen LogP contribution in [0.25, 0.3) is 0 Å². The number of benzene rings is 1. The average molecular weight is 376 g/mol. The van der Waals surface area contributed by atoms with Crippen LogP contribution in [0.15, 0.2) is 18.2 Å². The molecule has 0 aromatic heterocycles. The second-order valence-electron chi connectivity index (χ2n) is 5.52. The number of rotatable bonds is 6. The van der Waals surface area contributed by atoms with E-state index in [1.807, 2.05) is 0 Å². The van der Waals surface area contributed by atoms with Crippen LogP contribution in [0.5, 0.6) is 5.75 Å². The molecule has 8 heteroatoms. The van der Waals surface area contributed by atoms with Gasteiger partial charge in [0, 0.05) is 19.3 Å². The normalized spacial score (nSPS) is 16.5. The lowest BCUT2D eigenvalue weighted by Crippen LogP contribution is -2.50. The van der Waals surface area contributed by atoms with Crippen LogP contribution in [0.1, 0.15) is 19.8 Å². The van der Waals surface area contributed by atoms with Crippen molar-refractivity contribution in [2.75, 3.05) is 19.8 Å². The highest BCUT2D eigenvalue weighted by Gasteiger charge is 2.31. The second-order valence-corrected chi connectivity index (χ2v) is 6.30. The molecule has 0 saturated carbocycles. The molecule has 6 nitrogen and oxygen atoms in total. The SMILES string of the molecule is CC(Oc1cccc(Cl)c1Cl)C(=O)N(CC(=O)O)C1CCOCC1. The van der Waals surface area contributed by atoms with Crippen LogP contribution in [0.2, 0.25) is 10.0 Å². The molecule has 1 aliphatic heterocycles. The van der Waals surface area contributed by atoms with Crippen LogP contribution in [-0.4, -0.2) is 53.8 Å². The Bertz CT molecular complexity index is 604. The summed E-state index contributed by atoms with van der Waals surface area (Å²) in [5.74, 6) is -1.18. The van der Waals surface area contributed by atoms with Gasteiger partial charge >= 0.3 is 5.97 Å². The van der Waals surface area contributed by atoms with Crippen molar-refractivity contribution < 1.29 is 24.2 Å². The Morgan fingerprint density at radius 3 is 2.67 bits per heavy atom. The molecule has 1 N–H and O–H groups in total. The quantitative estimate of drug-likeness (QED) is 0.826. The molecule has 1 aromatic rings. The third-order valence-electron chi connectivity index (χ3n) is 3.79. The van der Waals surface area contributed by atoms with Gasteiger partial charge < -0.3 is 19.5 Å². The maximum atomic E-state index is 12.7. The summed E-state index contributed by atoms with van der Waals surface area (Å²) in [4.78, 5) is 25.2. The van der Waals surface area contributed by atoms with E-state index in [1.165, 1.54) is 4.90 Å². The summed E-state index contributed by atoms with van der Waals surface area (Å²) in [7, 11) is 0. The number of ether oxygens (including phenoxy) is 2. The first kappa shape index (κ1) is 18.8. The molecule has 1 aromatic carbocycles. The van der Waals surface area contributed by atoms with Crippen molar-refractivity contribution in [1.82, 2.24) is 4.90 Å². The molecule has 1 aliphatic rings. The Morgan fingerprint density at radius 2 is 2.04 bits per heavy atom. The van der Waals surface area contributed by atoms with Crippen molar-refractivity contribution in [1.29, 1.82) is 0 Å². The molecule has 1 amide bonds. The predicted molar refractivity (Wildman–Crippen MR) is 89.7 cm³/mol. The van der Waals surface area contributed by atoms with Crippen LogP contribution < -0.4 is 4.74 Å². The molecular formula is C16H19Cl2NO5. The molecule has 0 spiro atoms. The number of aliphatic carboxylic acids is 1. The molecule has 0 radical (unpaired) electrons. The van der Waals surface area contributed by atoms with Crippen molar-refractivity contribution in [2.24, 2.45) is 0 Å². The van der Waals surface area contributed by atoms with Crippen molar-refractivity contribution in [3.63, 3.8) is 0 Å². The van der Waals surface area contributed by atoms with E-state index < -0.39 is 18.0 Å². The zero-order chi connectivity index (χ0) is 17.7. The average Bonchev–Trinajstić information content (AvgIpc) is 2.56. The van der Waals surface area contributed by atoms with Crippen molar-refractivity contribution in [2.45, 2.75) is 31.9 Å². The number of carboxylic acids is 1. The number of hydrogen-bond donors (Lipinski definition) is 1. The molecule has 0 bridgehead atoms. The first-order valence-corrected chi connectivity index (χ1v) is 8.36. The van der Waals surface area contributed by atoms with E-state index in [9.17, 15) is 9.59 Å². The lowest BCUT2D eigenvalue weighted by molar-refractivity contribution is -0.151. The molecule has 1 atom stereocenters. The summed E-state index contributed by atoms with van der Waals surface area (Å²) in [6.07, 6.45) is 0.316. The Hall–Kier alpha value is -1.50. The van der Waals surface area contributed by atoms with Crippen LogP contribution >= 0.6 is 23.2 Å². The second kappa shape index (κ2) is 8.55. The highest BCUT2D eigenvalue weighted by molar-refractivity contribution is 6.42. The number of carbonyl (C=O) groups is 2. The van der Waals surface area contributed by atoms with Gasteiger partial charge in [-0.2, -0.15) is 0 Å². The summed E-state index contributed by atoms with van der Waals surface area (Å²) in [5, 5.41) is 9.65. The van der Waals surface area contributed by atoms with Crippen LogP contribution in [0.3, 0.4) is 0 Å². The van der Waals surface area contributed by atoms with E-state index >= 15 is 0 Å². The van der Waals surface area contributed by atoms with Gasteiger partial charge in [0.2, 0.25) is 0 Å². The van der Waals surface area contributed by atoms with Crippen molar-refractivity contribution >= 4 is 35.1 Å². The Labute approximate surface area is 150 Å². The van der Waals surface area contributed by atoms with Gasteiger partial charge in [-0.25, -0.2) is 0 Å². The smallest absolute Gasteiger partial charge is 0.323 e. The molecule has 1 fully saturated rings. The standard InChI is InChI=1S/C16H19Cl2NO5/c1-10(24-13-4-2-3-12(17)15(13)18)16(22)19(9-14(20)21)11-5-7-23-8-6-11/h2-4,10-11H,5-9H2,1H3,(H,20,21). The Balaban J connectivity index is 2.12. The summed E-state index contributed by atoms with van der Waals surface area (Å²) in [5.41, 5.74) is 0. The fraction of sp³-hybridized carbons (Fsp3) is 0.500. The van der Waals surface area contributed by atoms with Crippen LogP contribution in [-0.2, 0) is 14.3 Å². The lowest BCUT2D eigenvalue weighted by atomic mass is 10.1. The maximum absolute atomic E-state index is 12.7. The zero-order valence-electron chi connectivity index (χ0n) is 13.2. The summed E-state index contributed by atoms with van der Waals surface area (Å²) >= 11 is 12.0. The van der Waals surface area contributed by atoms with Gasteiger partial charge in [0.15, 0.2) is 6.10 Å². The molecule has 132 valence electrons. The number of hydrogen-bond acceptors (Lipinski definition) is 4. The fourth-order valence-electron chi connectivity index (χ4n) is 2.58. The largest absolute Gasteiger partial charge is 0.480 e. The number of carbonyl (C=O) groups excluding carboxylic acids is 1. The van der Waals surface area contributed by atoms with E-state index in [-0.39, 0.29) is 23.4 Å². The van der Waals surface area contributed by atoms with Gasteiger partial charge in [-0.05, 0) is 31.9 Å². The molecule has 1 unspecified atom stereocenters. The highest BCUT2D eigenvalue weighted by Crippen LogP contribution is 2.32. The van der Waals surface area contributed by atoms with Crippen molar-refractivity contribution in [3.8, 4) is 5.75 Å². The molecule has 0 aliphatic carbocycles. The Morgan fingerprint density at radius 1 is 1.38 bits per heavy atom. The molecule has 2 rings (SSSR count). The van der Waals surface area contributed by atoms with E-state index in [0.29, 0.717) is 31.1 Å². The number of halogens is 2. The first-order valence-electron chi connectivity index (χ1n) is 7.61. The monoisotopic (exact) mass is 375 g/mol. The van der Waals surface area contributed by atoms with Gasteiger partial charge in [-0.15, -0.1) is 0 Å². The van der Waals surface area contributed by atoms with E-state index in [1.54, 1.807) is 25.1 Å².